The summed E-state index contributed by atoms with van der Waals surface area (Å²) in [6, 6.07) is 3.86. The van der Waals surface area contributed by atoms with Crippen molar-refractivity contribution in [1.29, 1.82) is 0 Å². The summed E-state index contributed by atoms with van der Waals surface area (Å²) in [5.41, 5.74) is 9.00. The number of nitrogens with two attached hydrogens (primary N) is 1. The molecule has 0 amide bonds. The van der Waals surface area contributed by atoms with E-state index in [0.717, 1.165) is 28.0 Å². The molecule has 158 valence electrons. The largest absolute Gasteiger partial charge is 0.463 e. The zero-order valence-corrected chi connectivity index (χ0v) is 19.6. The Labute approximate surface area is 183 Å². The molecule has 4 rings (SSSR count). The number of anilines is 2. The summed E-state index contributed by atoms with van der Waals surface area (Å²) < 4.78 is 11.9. The van der Waals surface area contributed by atoms with Crippen LogP contribution in [-0.2, 0) is 11.0 Å². The summed E-state index contributed by atoms with van der Waals surface area (Å²) in [7, 11) is 0.360. The van der Waals surface area contributed by atoms with Gasteiger partial charge < -0.3 is 19.5 Å². The Balaban J connectivity index is 1.66. The van der Waals surface area contributed by atoms with Crippen LogP contribution in [0.3, 0.4) is 0 Å². The number of furan rings is 1. The van der Waals surface area contributed by atoms with Gasteiger partial charge in [0.1, 0.15) is 16.5 Å². The predicted molar refractivity (Wildman–Crippen MR) is 120 cm³/mol. The first-order valence-electron chi connectivity index (χ1n) is 9.89. The maximum Gasteiger partial charge on any atom is 0.236 e. The normalized spacial score (nSPS) is 17.0. The highest BCUT2D eigenvalue weighted by molar-refractivity contribution is 6.32. The lowest BCUT2D eigenvalue weighted by Crippen LogP contribution is -2.38. The van der Waals surface area contributed by atoms with E-state index < -0.39 is 5.60 Å². The molecule has 2 N–H and O–H groups in total. The van der Waals surface area contributed by atoms with E-state index in [1.165, 1.54) is 0 Å². The minimum Gasteiger partial charge on any atom is -0.463 e. The first-order valence-corrected chi connectivity index (χ1v) is 11.2. The van der Waals surface area contributed by atoms with Crippen molar-refractivity contribution < 1.29 is 8.84 Å². The summed E-state index contributed by atoms with van der Waals surface area (Å²) in [5.74, 6) is 0.933. The number of nitrogens with zero attached hydrogens (tertiary/aromatic N) is 4. The SMILES string of the molecule is CC(C)(C)[Si]OC(C)(C)C1CN(Cc2cnc3ccoc3c2)c2nc(N)nc(Cl)c21. The van der Waals surface area contributed by atoms with Gasteiger partial charge >= 0.3 is 0 Å². The average molecular weight is 444 g/mol. The third kappa shape index (κ3) is 4.17. The fourth-order valence-corrected chi connectivity index (χ4v) is 4.66. The van der Waals surface area contributed by atoms with Gasteiger partial charge in [0, 0.05) is 36.8 Å². The van der Waals surface area contributed by atoms with Crippen molar-refractivity contribution in [1.82, 2.24) is 15.0 Å². The van der Waals surface area contributed by atoms with Crippen molar-refractivity contribution in [2.75, 3.05) is 17.2 Å². The van der Waals surface area contributed by atoms with Gasteiger partial charge in [-0.3, -0.25) is 4.98 Å². The number of aromatic nitrogens is 3. The molecule has 3 aromatic rings. The van der Waals surface area contributed by atoms with Gasteiger partial charge in [-0.1, -0.05) is 32.4 Å². The van der Waals surface area contributed by atoms with E-state index in [1.54, 1.807) is 6.26 Å². The standard InChI is InChI=1S/C21H26ClN5O2Si/c1-20(2,3)30-29-21(4,5)13-11-27(18-16(13)17(22)25-19(23)26-18)10-12-8-15-14(24-9-12)6-7-28-15/h6-9,13H,10-11H2,1-5H3,(H2,23,25,26). The maximum absolute atomic E-state index is 6.56. The number of nitrogen functional groups attached to an aromatic ring is 1. The predicted octanol–water partition coefficient (Wildman–Crippen LogP) is 4.59. The molecular formula is C21H26ClN5O2Si. The molecule has 0 saturated carbocycles. The van der Waals surface area contributed by atoms with Crippen LogP contribution in [0.4, 0.5) is 11.8 Å². The van der Waals surface area contributed by atoms with E-state index in [0.29, 0.717) is 28.0 Å². The number of hydrogen-bond donors (Lipinski definition) is 1. The van der Waals surface area contributed by atoms with Gasteiger partial charge in [-0.15, -0.1) is 0 Å². The van der Waals surface area contributed by atoms with Crippen LogP contribution in [0.25, 0.3) is 11.1 Å². The van der Waals surface area contributed by atoms with Crippen molar-refractivity contribution >= 4 is 44.2 Å². The van der Waals surface area contributed by atoms with Crippen LogP contribution in [0, 0.1) is 0 Å². The molecule has 0 spiro atoms. The Morgan fingerprint density at radius 1 is 1.30 bits per heavy atom. The third-order valence-corrected chi connectivity index (χ3v) is 6.67. The topological polar surface area (TPSA) is 90.3 Å². The highest BCUT2D eigenvalue weighted by atomic mass is 35.5. The van der Waals surface area contributed by atoms with E-state index in [9.17, 15) is 0 Å². The number of pyridine rings is 1. The summed E-state index contributed by atoms with van der Waals surface area (Å²) in [6.45, 7) is 12.0. The number of fused-ring (bicyclic) bond motifs is 2. The van der Waals surface area contributed by atoms with Gasteiger partial charge in [0.15, 0.2) is 5.58 Å². The molecule has 1 aliphatic rings. The average Bonchev–Trinajstić information content (AvgIpc) is 3.25. The van der Waals surface area contributed by atoms with Crippen LogP contribution in [0.2, 0.25) is 10.2 Å². The summed E-state index contributed by atoms with van der Waals surface area (Å²) in [5, 5.41) is 0.476. The minimum atomic E-state index is -0.443. The van der Waals surface area contributed by atoms with Crippen LogP contribution in [-0.4, -0.2) is 36.9 Å². The number of hydrogen-bond acceptors (Lipinski definition) is 7. The summed E-state index contributed by atoms with van der Waals surface area (Å²) >= 11 is 6.56. The molecule has 0 aliphatic carbocycles. The first kappa shape index (κ1) is 21.1. The molecule has 0 bridgehead atoms. The number of halogens is 1. The van der Waals surface area contributed by atoms with Crippen molar-refractivity contribution in [2.24, 2.45) is 0 Å². The molecular weight excluding hydrogens is 418 g/mol. The van der Waals surface area contributed by atoms with Gasteiger partial charge in [0.2, 0.25) is 15.7 Å². The highest BCUT2D eigenvalue weighted by Gasteiger charge is 2.43. The molecule has 1 aliphatic heterocycles. The van der Waals surface area contributed by atoms with E-state index >= 15 is 0 Å². The molecule has 9 heteroatoms. The monoisotopic (exact) mass is 443 g/mol. The fourth-order valence-electron chi connectivity index (χ4n) is 3.64. The molecule has 3 aromatic heterocycles. The Bertz CT molecular complexity index is 1080. The zero-order valence-electron chi connectivity index (χ0n) is 17.9. The van der Waals surface area contributed by atoms with Gasteiger partial charge in [-0.05, 0) is 30.5 Å². The molecule has 30 heavy (non-hydrogen) atoms. The van der Waals surface area contributed by atoms with E-state index in [2.05, 4.69) is 54.5 Å². The number of rotatable bonds is 5. The van der Waals surface area contributed by atoms with Crippen molar-refractivity contribution in [3.63, 3.8) is 0 Å². The van der Waals surface area contributed by atoms with Gasteiger partial charge in [0.05, 0.1) is 11.9 Å². The zero-order chi connectivity index (χ0) is 21.7. The maximum atomic E-state index is 6.56. The van der Waals surface area contributed by atoms with E-state index in [-0.39, 0.29) is 16.9 Å². The van der Waals surface area contributed by atoms with Crippen LogP contribution < -0.4 is 10.6 Å². The second-order valence-corrected chi connectivity index (χ2v) is 11.5. The van der Waals surface area contributed by atoms with Crippen LogP contribution in [0.1, 0.15) is 51.7 Å². The van der Waals surface area contributed by atoms with Crippen molar-refractivity contribution in [3.05, 3.63) is 40.9 Å². The summed E-state index contributed by atoms with van der Waals surface area (Å²) in [4.78, 5) is 15.4. The van der Waals surface area contributed by atoms with Gasteiger partial charge in [0.25, 0.3) is 0 Å². The molecule has 0 saturated heterocycles. The molecule has 4 heterocycles. The highest BCUT2D eigenvalue weighted by Crippen LogP contribution is 2.46. The second-order valence-electron chi connectivity index (χ2n) is 9.25. The molecule has 0 fully saturated rings. The Morgan fingerprint density at radius 2 is 2.07 bits per heavy atom. The van der Waals surface area contributed by atoms with Crippen molar-refractivity contribution in [2.45, 2.75) is 57.7 Å². The van der Waals surface area contributed by atoms with E-state index in [4.69, 9.17) is 26.2 Å². The van der Waals surface area contributed by atoms with Gasteiger partial charge in [-0.25, -0.2) is 4.98 Å². The Morgan fingerprint density at radius 3 is 2.80 bits per heavy atom. The van der Waals surface area contributed by atoms with Gasteiger partial charge in [-0.2, -0.15) is 4.98 Å². The molecule has 2 radical (unpaired) electrons. The van der Waals surface area contributed by atoms with Crippen LogP contribution >= 0.6 is 11.6 Å². The summed E-state index contributed by atoms with van der Waals surface area (Å²) in [6.07, 6.45) is 3.51. The Kier molecular flexibility index (Phi) is 5.28. The molecule has 0 aromatic carbocycles. The van der Waals surface area contributed by atoms with Crippen LogP contribution in [0.5, 0.6) is 0 Å². The smallest absolute Gasteiger partial charge is 0.236 e. The molecule has 7 nitrogen and oxygen atoms in total. The lowest BCUT2D eigenvalue weighted by Gasteiger charge is -2.35. The molecule has 1 unspecified atom stereocenters. The third-order valence-electron chi connectivity index (χ3n) is 5.14. The fraction of sp³-hybridized carbons (Fsp3) is 0.476. The quantitative estimate of drug-likeness (QED) is 0.455. The lowest BCUT2D eigenvalue weighted by atomic mass is 9.87. The first-order chi connectivity index (χ1) is 14.0. The molecule has 1 atom stereocenters. The Hall–Kier alpha value is -2.16. The minimum absolute atomic E-state index is 0.00996. The van der Waals surface area contributed by atoms with Crippen molar-refractivity contribution in [3.8, 4) is 0 Å². The van der Waals surface area contributed by atoms with E-state index in [1.807, 2.05) is 18.3 Å². The van der Waals surface area contributed by atoms with Crippen LogP contribution in [0.15, 0.2) is 29.0 Å². The second kappa shape index (κ2) is 7.51. The lowest BCUT2D eigenvalue weighted by molar-refractivity contribution is 0.0828.